The lowest BCUT2D eigenvalue weighted by atomic mass is 9.99. The molecular weight excluding hydrogens is 414 g/mol. The first-order chi connectivity index (χ1) is 14.8. The van der Waals surface area contributed by atoms with Crippen molar-refractivity contribution in [3.8, 4) is 5.75 Å². The summed E-state index contributed by atoms with van der Waals surface area (Å²) in [6.45, 7) is 4.17. The van der Waals surface area contributed by atoms with Crippen molar-refractivity contribution in [2.45, 2.75) is 31.1 Å². The van der Waals surface area contributed by atoms with Crippen molar-refractivity contribution >= 4 is 27.5 Å². The van der Waals surface area contributed by atoms with E-state index in [9.17, 15) is 17.8 Å². The lowest BCUT2D eigenvalue weighted by Crippen LogP contribution is -2.28. The third kappa shape index (κ3) is 5.93. The van der Waals surface area contributed by atoms with E-state index >= 15 is 0 Å². The molecule has 0 bridgehead atoms. The first-order valence-electron chi connectivity index (χ1n) is 9.97. The van der Waals surface area contributed by atoms with Gasteiger partial charge in [0.25, 0.3) is 0 Å². The fraction of sp³-hybridized carbons (Fsp3) is 0.208. The molecule has 0 spiro atoms. The number of anilines is 2. The van der Waals surface area contributed by atoms with Crippen LogP contribution in [0.3, 0.4) is 0 Å². The van der Waals surface area contributed by atoms with Gasteiger partial charge in [-0.1, -0.05) is 44.2 Å². The third-order valence-electron chi connectivity index (χ3n) is 5.09. The summed E-state index contributed by atoms with van der Waals surface area (Å²) in [6.07, 6.45) is 1.03. The molecule has 6 nitrogen and oxygen atoms in total. The Balaban J connectivity index is 1.80. The average Bonchev–Trinajstić information content (AvgIpc) is 2.77. The molecule has 3 aromatic rings. The minimum atomic E-state index is -4.55. The van der Waals surface area contributed by atoms with Gasteiger partial charge in [-0.3, -0.25) is 0 Å². The molecule has 0 aliphatic heterocycles. The maximum atomic E-state index is 12.7. The number of para-hydroxylation sites is 1. The predicted molar refractivity (Wildman–Crippen MR) is 119 cm³/mol. The highest BCUT2D eigenvalue weighted by Crippen LogP contribution is 2.27. The molecule has 0 fully saturated rings. The molecule has 1 atom stereocenters. The standard InChI is InChI=1S/C24H25NO5S/c1-3-18(2)19-9-13-22(14-10-19)30-24(26)17-25(20-7-5-4-6-8-20)21-11-15-23(16-12-21)31(27,28)29/h4-16,18H,3,17H2,1-2H3,(H,27,28,29)/p-1. The summed E-state index contributed by atoms with van der Waals surface area (Å²) in [5, 5.41) is 0. The van der Waals surface area contributed by atoms with Crippen molar-refractivity contribution in [3.63, 3.8) is 0 Å². The monoisotopic (exact) mass is 438 g/mol. The van der Waals surface area contributed by atoms with Crippen molar-refractivity contribution in [2.24, 2.45) is 0 Å². The van der Waals surface area contributed by atoms with E-state index in [0.717, 1.165) is 12.1 Å². The number of esters is 1. The highest BCUT2D eigenvalue weighted by molar-refractivity contribution is 7.85. The summed E-state index contributed by atoms with van der Waals surface area (Å²) in [4.78, 5) is 14.0. The molecule has 0 saturated carbocycles. The number of carbonyl (C=O) groups excluding carboxylic acids is 1. The van der Waals surface area contributed by atoms with Crippen LogP contribution in [0.2, 0.25) is 0 Å². The molecule has 0 radical (unpaired) electrons. The second-order valence-corrected chi connectivity index (χ2v) is 8.60. The van der Waals surface area contributed by atoms with E-state index < -0.39 is 16.1 Å². The largest absolute Gasteiger partial charge is 0.744 e. The first kappa shape index (κ1) is 22.5. The van der Waals surface area contributed by atoms with Gasteiger partial charge < -0.3 is 14.2 Å². The van der Waals surface area contributed by atoms with Crippen LogP contribution in [0.5, 0.6) is 5.75 Å². The average molecular weight is 439 g/mol. The smallest absolute Gasteiger partial charge is 0.331 e. The zero-order valence-corrected chi connectivity index (χ0v) is 18.2. The molecule has 0 aliphatic rings. The Morgan fingerprint density at radius 2 is 1.52 bits per heavy atom. The topological polar surface area (TPSA) is 86.7 Å². The summed E-state index contributed by atoms with van der Waals surface area (Å²) in [5.74, 6) is 0.415. The molecule has 3 aromatic carbocycles. The van der Waals surface area contributed by atoms with Crippen molar-refractivity contribution in [3.05, 3.63) is 84.4 Å². The van der Waals surface area contributed by atoms with Crippen LogP contribution >= 0.6 is 0 Å². The Bertz CT molecular complexity index is 1110. The Morgan fingerprint density at radius 1 is 0.935 bits per heavy atom. The molecule has 7 heteroatoms. The van der Waals surface area contributed by atoms with Crippen LogP contribution < -0.4 is 9.64 Å². The zero-order valence-electron chi connectivity index (χ0n) is 17.4. The van der Waals surface area contributed by atoms with Crippen molar-refractivity contribution < 1.29 is 22.5 Å². The van der Waals surface area contributed by atoms with Gasteiger partial charge in [-0.15, -0.1) is 0 Å². The molecule has 31 heavy (non-hydrogen) atoms. The van der Waals surface area contributed by atoms with E-state index in [1.807, 2.05) is 42.5 Å². The van der Waals surface area contributed by atoms with Crippen molar-refractivity contribution in [1.82, 2.24) is 0 Å². The van der Waals surface area contributed by atoms with Crippen LogP contribution in [0, 0.1) is 0 Å². The fourth-order valence-electron chi connectivity index (χ4n) is 3.13. The van der Waals surface area contributed by atoms with Gasteiger partial charge >= 0.3 is 5.97 Å². The number of hydrogen-bond acceptors (Lipinski definition) is 6. The second-order valence-electron chi connectivity index (χ2n) is 7.22. The molecule has 3 rings (SSSR count). The van der Waals surface area contributed by atoms with Gasteiger partial charge in [0.1, 0.15) is 22.4 Å². The highest BCUT2D eigenvalue weighted by atomic mass is 32.2. The number of nitrogens with zero attached hydrogens (tertiary/aromatic N) is 1. The summed E-state index contributed by atoms with van der Waals surface area (Å²) in [5.41, 5.74) is 2.47. The zero-order chi connectivity index (χ0) is 22.4. The third-order valence-corrected chi connectivity index (χ3v) is 5.93. The summed E-state index contributed by atoms with van der Waals surface area (Å²) < 4.78 is 39.1. The normalized spacial score (nSPS) is 12.2. The Morgan fingerprint density at radius 3 is 2.06 bits per heavy atom. The van der Waals surface area contributed by atoms with E-state index in [4.69, 9.17) is 4.74 Å². The Labute approximate surface area is 182 Å². The van der Waals surface area contributed by atoms with Gasteiger partial charge in [0.05, 0.1) is 4.90 Å². The Kier molecular flexibility index (Phi) is 7.09. The van der Waals surface area contributed by atoms with E-state index in [0.29, 0.717) is 17.4 Å². The van der Waals surface area contributed by atoms with Crippen LogP contribution in [-0.2, 0) is 14.9 Å². The van der Waals surface area contributed by atoms with Crippen LogP contribution in [-0.4, -0.2) is 25.5 Å². The number of ether oxygens (including phenoxy) is 1. The molecule has 0 N–H and O–H groups in total. The SMILES string of the molecule is CCC(C)c1ccc(OC(=O)CN(c2ccccc2)c2ccc(S(=O)(=O)[O-])cc2)cc1. The predicted octanol–water partition coefficient (Wildman–Crippen LogP) is 4.85. The quantitative estimate of drug-likeness (QED) is 0.284. The van der Waals surface area contributed by atoms with Gasteiger partial charge in [0.2, 0.25) is 0 Å². The molecule has 0 heterocycles. The van der Waals surface area contributed by atoms with E-state index in [-0.39, 0.29) is 11.4 Å². The lowest BCUT2D eigenvalue weighted by molar-refractivity contribution is -0.132. The molecule has 0 aliphatic carbocycles. The van der Waals surface area contributed by atoms with E-state index in [2.05, 4.69) is 13.8 Å². The lowest BCUT2D eigenvalue weighted by Gasteiger charge is -2.24. The van der Waals surface area contributed by atoms with Crippen LogP contribution in [0.15, 0.2) is 83.8 Å². The van der Waals surface area contributed by atoms with Crippen LogP contribution in [0.4, 0.5) is 11.4 Å². The molecule has 0 aromatic heterocycles. The number of carbonyl (C=O) groups is 1. The summed E-state index contributed by atoms with van der Waals surface area (Å²) >= 11 is 0. The maximum Gasteiger partial charge on any atom is 0.331 e. The fourth-order valence-corrected chi connectivity index (χ4v) is 3.59. The van der Waals surface area contributed by atoms with Crippen LogP contribution in [0.1, 0.15) is 31.7 Å². The van der Waals surface area contributed by atoms with E-state index in [1.54, 1.807) is 17.0 Å². The van der Waals surface area contributed by atoms with Gasteiger partial charge in [0.15, 0.2) is 0 Å². The van der Waals surface area contributed by atoms with Crippen molar-refractivity contribution in [2.75, 3.05) is 11.4 Å². The second kappa shape index (κ2) is 9.76. The van der Waals surface area contributed by atoms with Crippen molar-refractivity contribution in [1.29, 1.82) is 0 Å². The molecule has 0 saturated heterocycles. The highest BCUT2D eigenvalue weighted by Gasteiger charge is 2.16. The van der Waals surface area contributed by atoms with Gasteiger partial charge in [-0.25, -0.2) is 13.2 Å². The van der Waals surface area contributed by atoms with Gasteiger partial charge in [0, 0.05) is 11.4 Å². The van der Waals surface area contributed by atoms with Crippen LogP contribution in [0.25, 0.3) is 0 Å². The minimum absolute atomic E-state index is 0.0966. The van der Waals surface area contributed by atoms with Gasteiger partial charge in [-0.05, 0) is 66.4 Å². The molecule has 1 unspecified atom stereocenters. The number of hydrogen-bond donors (Lipinski definition) is 0. The Hall–Kier alpha value is -3.16. The molecule has 162 valence electrons. The molecule has 0 amide bonds. The number of benzene rings is 3. The maximum absolute atomic E-state index is 12.7. The van der Waals surface area contributed by atoms with E-state index in [1.165, 1.54) is 29.8 Å². The summed E-state index contributed by atoms with van der Waals surface area (Å²) in [7, 11) is -4.55. The molecular formula is C24H24NO5S-. The number of rotatable bonds is 8. The van der Waals surface area contributed by atoms with Gasteiger partial charge in [-0.2, -0.15) is 0 Å². The minimum Gasteiger partial charge on any atom is -0.744 e. The first-order valence-corrected chi connectivity index (χ1v) is 11.4. The summed E-state index contributed by atoms with van der Waals surface area (Å²) in [6, 6.07) is 22.1.